The molecule has 0 saturated heterocycles. The zero-order chi connectivity index (χ0) is 14.8. The highest BCUT2D eigenvalue weighted by molar-refractivity contribution is 6.60. The van der Waals surface area contributed by atoms with Gasteiger partial charge in [-0.05, 0) is 40.7 Å². The molecule has 0 amide bonds. The molecule has 0 fully saturated rings. The van der Waals surface area contributed by atoms with Crippen LogP contribution in [0.1, 0.15) is 39.1 Å². The van der Waals surface area contributed by atoms with E-state index in [0.717, 1.165) is 0 Å². The molecule has 19 heavy (non-hydrogen) atoms. The predicted octanol–water partition coefficient (Wildman–Crippen LogP) is 0.515. The summed E-state index contributed by atoms with van der Waals surface area (Å²) in [5, 5.41) is 28.9. The van der Waals surface area contributed by atoms with E-state index in [2.05, 4.69) is 4.98 Å². The number of nitrogens with zero attached hydrogens (tertiary/aromatic N) is 2. The molecule has 0 unspecified atom stereocenters. The fourth-order valence-corrected chi connectivity index (χ4v) is 1.38. The van der Waals surface area contributed by atoms with Crippen LogP contribution in [0, 0.1) is 18.3 Å². The van der Waals surface area contributed by atoms with Gasteiger partial charge in [-0.1, -0.05) is 6.07 Å². The van der Waals surface area contributed by atoms with E-state index in [1.165, 1.54) is 6.07 Å². The normalized spacial score (nSPS) is 12.1. The number of rotatable bonds is 4. The Balaban J connectivity index is 2.97. The Morgan fingerprint density at radius 1 is 1.32 bits per heavy atom. The quantitative estimate of drug-likeness (QED) is 0.772. The van der Waals surface area contributed by atoms with E-state index in [0.29, 0.717) is 11.2 Å². The van der Waals surface area contributed by atoms with Crippen molar-refractivity contribution < 1.29 is 14.8 Å². The molecule has 0 spiro atoms. The van der Waals surface area contributed by atoms with E-state index in [9.17, 15) is 10.1 Å². The van der Waals surface area contributed by atoms with E-state index < -0.39 is 18.3 Å². The van der Waals surface area contributed by atoms with Gasteiger partial charge in [-0.2, -0.15) is 5.26 Å². The number of hydrogen-bond acceptors (Lipinski definition) is 5. The monoisotopic (exact) mass is 262 g/mol. The lowest BCUT2D eigenvalue weighted by molar-refractivity contribution is -0.0982. The molecular formula is C13H19BN2O3. The molecule has 1 aromatic rings. The van der Waals surface area contributed by atoms with Crippen LogP contribution in [0.4, 0.5) is 0 Å². The molecule has 0 aliphatic carbocycles. The third-order valence-electron chi connectivity index (χ3n) is 3.39. The van der Waals surface area contributed by atoms with Crippen molar-refractivity contribution in [3.8, 4) is 6.07 Å². The fourth-order valence-electron chi connectivity index (χ4n) is 1.38. The maximum atomic E-state index is 10.1. The second kappa shape index (κ2) is 5.29. The smallest absolute Gasteiger partial charge is 0.423 e. The van der Waals surface area contributed by atoms with E-state index in [1.54, 1.807) is 40.7 Å². The molecule has 1 rings (SSSR count). The predicted molar refractivity (Wildman–Crippen MR) is 72.8 cm³/mol. The maximum Gasteiger partial charge on any atom is 0.493 e. The van der Waals surface area contributed by atoms with Crippen LogP contribution in [0.5, 0.6) is 0 Å². The molecule has 102 valence electrons. The van der Waals surface area contributed by atoms with E-state index >= 15 is 0 Å². The van der Waals surface area contributed by atoms with Crippen molar-refractivity contribution in [2.75, 3.05) is 0 Å². The molecule has 0 bridgehead atoms. The Morgan fingerprint density at radius 2 is 1.89 bits per heavy atom. The van der Waals surface area contributed by atoms with Crippen LogP contribution in [0.3, 0.4) is 0 Å². The van der Waals surface area contributed by atoms with E-state index in [1.807, 2.05) is 6.07 Å². The molecule has 1 aromatic heterocycles. The van der Waals surface area contributed by atoms with Crippen molar-refractivity contribution in [3.05, 3.63) is 23.5 Å². The Kier molecular flexibility index (Phi) is 4.36. The standard InChI is InChI=1S/C13H19BN2O3/c1-9-11(7-6-10(8-15)16-9)14(18)19-13(4,5)12(2,3)17/h6-7,17-18H,1-5H3. The number of nitriles is 1. The van der Waals surface area contributed by atoms with Crippen LogP contribution in [0.15, 0.2) is 12.1 Å². The first-order valence-electron chi connectivity index (χ1n) is 6.04. The molecular weight excluding hydrogens is 243 g/mol. The van der Waals surface area contributed by atoms with Gasteiger partial charge in [0.25, 0.3) is 0 Å². The third kappa shape index (κ3) is 3.54. The summed E-state index contributed by atoms with van der Waals surface area (Å²) in [4.78, 5) is 4.04. The largest absolute Gasteiger partial charge is 0.493 e. The van der Waals surface area contributed by atoms with Gasteiger partial charge in [-0.25, -0.2) is 4.98 Å². The molecule has 2 N–H and O–H groups in total. The second-order valence-electron chi connectivity index (χ2n) is 5.52. The lowest BCUT2D eigenvalue weighted by Crippen LogP contribution is -2.53. The van der Waals surface area contributed by atoms with E-state index in [4.69, 9.17) is 9.92 Å². The summed E-state index contributed by atoms with van der Waals surface area (Å²) in [6.07, 6.45) is 0. The van der Waals surface area contributed by atoms with Gasteiger partial charge in [-0.15, -0.1) is 0 Å². The first-order valence-corrected chi connectivity index (χ1v) is 6.04. The van der Waals surface area contributed by atoms with Gasteiger partial charge in [0.1, 0.15) is 11.8 Å². The zero-order valence-electron chi connectivity index (χ0n) is 11.9. The van der Waals surface area contributed by atoms with Crippen molar-refractivity contribution in [1.82, 2.24) is 4.98 Å². The molecule has 0 radical (unpaired) electrons. The van der Waals surface area contributed by atoms with Crippen molar-refractivity contribution in [3.63, 3.8) is 0 Å². The van der Waals surface area contributed by atoms with Gasteiger partial charge in [0, 0.05) is 11.2 Å². The number of pyridine rings is 1. The average molecular weight is 262 g/mol. The van der Waals surface area contributed by atoms with Crippen molar-refractivity contribution in [2.24, 2.45) is 0 Å². The first-order chi connectivity index (χ1) is 8.58. The number of aromatic nitrogens is 1. The van der Waals surface area contributed by atoms with Gasteiger partial charge in [-0.3, -0.25) is 0 Å². The fraction of sp³-hybridized carbons (Fsp3) is 0.538. The molecule has 0 atom stereocenters. The van der Waals surface area contributed by atoms with Crippen molar-refractivity contribution in [2.45, 2.75) is 45.8 Å². The van der Waals surface area contributed by atoms with Crippen LogP contribution in [-0.4, -0.2) is 33.4 Å². The van der Waals surface area contributed by atoms with Gasteiger partial charge >= 0.3 is 7.12 Å². The lowest BCUT2D eigenvalue weighted by atomic mass is 9.75. The minimum Gasteiger partial charge on any atom is -0.423 e. The van der Waals surface area contributed by atoms with Gasteiger partial charge in [0.2, 0.25) is 0 Å². The minimum absolute atomic E-state index is 0.287. The highest BCUT2D eigenvalue weighted by Crippen LogP contribution is 2.25. The van der Waals surface area contributed by atoms with Crippen LogP contribution in [0.2, 0.25) is 0 Å². The Bertz CT molecular complexity index is 504. The number of hydrogen-bond donors (Lipinski definition) is 2. The van der Waals surface area contributed by atoms with Crippen LogP contribution in [-0.2, 0) is 4.65 Å². The Labute approximate surface area is 114 Å². The molecule has 0 aromatic carbocycles. The number of aryl methyl sites for hydroxylation is 1. The second-order valence-corrected chi connectivity index (χ2v) is 5.52. The minimum atomic E-state index is -1.21. The summed E-state index contributed by atoms with van der Waals surface area (Å²) in [7, 11) is -1.21. The molecule has 0 aliphatic heterocycles. The number of aliphatic hydroxyl groups is 1. The topological polar surface area (TPSA) is 86.4 Å². The van der Waals surface area contributed by atoms with Gasteiger partial charge < -0.3 is 14.8 Å². The highest BCUT2D eigenvalue weighted by atomic mass is 16.5. The summed E-state index contributed by atoms with van der Waals surface area (Å²) >= 11 is 0. The Hall–Kier alpha value is -1.42. The van der Waals surface area contributed by atoms with Gasteiger partial charge in [0.05, 0.1) is 11.2 Å². The van der Waals surface area contributed by atoms with Crippen LogP contribution in [0.25, 0.3) is 0 Å². The molecule has 5 nitrogen and oxygen atoms in total. The van der Waals surface area contributed by atoms with Crippen molar-refractivity contribution >= 4 is 12.6 Å². The Morgan fingerprint density at radius 3 is 2.32 bits per heavy atom. The first kappa shape index (κ1) is 15.6. The summed E-state index contributed by atoms with van der Waals surface area (Å²) < 4.78 is 5.53. The molecule has 0 saturated carbocycles. The van der Waals surface area contributed by atoms with Crippen molar-refractivity contribution in [1.29, 1.82) is 5.26 Å². The molecule has 1 heterocycles. The van der Waals surface area contributed by atoms with Crippen LogP contribution >= 0.6 is 0 Å². The zero-order valence-corrected chi connectivity index (χ0v) is 11.9. The summed E-state index contributed by atoms with van der Waals surface area (Å²) in [6.45, 7) is 8.32. The third-order valence-corrected chi connectivity index (χ3v) is 3.39. The molecule has 6 heteroatoms. The average Bonchev–Trinajstić information content (AvgIpc) is 2.26. The summed E-state index contributed by atoms with van der Waals surface area (Å²) in [5.74, 6) is 0. The summed E-state index contributed by atoms with van der Waals surface area (Å²) in [6, 6.07) is 5.06. The lowest BCUT2D eigenvalue weighted by Gasteiger charge is -2.38. The van der Waals surface area contributed by atoms with Crippen LogP contribution < -0.4 is 5.46 Å². The molecule has 0 aliphatic rings. The van der Waals surface area contributed by atoms with Gasteiger partial charge in [0.15, 0.2) is 0 Å². The SMILES string of the molecule is Cc1nc(C#N)ccc1B(O)OC(C)(C)C(C)(C)O. The van der Waals surface area contributed by atoms with E-state index in [-0.39, 0.29) is 5.69 Å². The maximum absolute atomic E-state index is 10.1. The highest BCUT2D eigenvalue weighted by Gasteiger charge is 2.39. The summed E-state index contributed by atoms with van der Waals surface area (Å²) in [5.41, 5.74) is -0.751.